The van der Waals surface area contributed by atoms with Crippen LogP contribution in [0.1, 0.15) is 61.9 Å². The predicted molar refractivity (Wildman–Crippen MR) is 137 cm³/mol. The molecule has 3 heterocycles. The van der Waals surface area contributed by atoms with Crippen LogP contribution in [0.2, 0.25) is 0 Å². The molecule has 5 N–H and O–H groups in total. The van der Waals surface area contributed by atoms with Gasteiger partial charge in [-0.25, -0.2) is 9.97 Å². The second-order valence-corrected chi connectivity index (χ2v) is 10.6. The van der Waals surface area contributed by atoms with E-state index in [0.717, 1.165) is 25.7 Å². The van der Waals surface area contributed by atoms with Gasteiger partial charge >= 0.3 is 6.18 Å². The van der Waals surface area contributed by atoms with Crippen molar-refractivity contribution in [3.8, 4) is 0 Å². The van der Waals surface area contributed by atoms with Crippen LogP contribution >= 0.6 is 0 Å². The molecule has 2 fully saturated rings. The largest absolute Gasteiger partial charge is 0.444 e. The maximum absolute atomic E-state index is 13.6. The van der Waals surface area contributed by atoms with Crippen LogP contribution in [-0.2, 0) is 9.53 Å². The van der Waals surface area contributed by atoms with Gasteiger partial charge in [0.15, 0.2) is 24.7 Å². The lowest BCUT2D eigenvalue weighted by atomic mass is 9.79. The molecular formula is C26H37F3N6O5. The minimum Gasteiger partial charge on any atom is -0.444 e. The molecule has 1 aliphatic heterocycles. The second-order valence-electron chi connectivity index (χ2n) is 10.6. The summed E-state index contributed by atoms with van der Waals surface area (Å²) >= 11 is 0. The fourth-order valence-corrected chi connectivity index (χ4v) is 5.47. The fourth-order valence-electron chi connectivity index (χ4n) is 5.47. The lowest BCUT2D eigenvalue weighted by Gasteiger charge is -2.33. The van der Waals surface area contributed by atoms with Crippen molar-refractivity contribution in [3.63, 3.8) is 0 Å². The molecule has 14 heteroatoms. The molecule has 1 amide bonds. The molecule has 222 valence electrons. The number of rotatable bonds is 10. The van der Waals surface area contributed by atoms with E-state index in [0.29, 0.717) is 17.2 Å². The van der Waals surface area contributed by atoms with E-state index in [-0.39, 0.29) is 24.1 Å². The number of carbonyl (C=O) groups excluding carboxylic acids is 1. The van der Waals surface area contributed by atoms with Crippen LogP contribution in [-0.4, -0.2) is 75.9 Å². The normalized spacial score (nSPS) is 26.4. The number of anilines is 1. The van der Waals surface area contributed by atoms with Crippen molar-refractivity contribution in [2.75, 3.05) is 25.6 Å². The molecule has 3 unspecified atom stereocenters. The number of aryl methyl sites for hydroxylation is 1. The Balaban J connectivity index is 1.52. The van der Waals surface area contributed by atoms with E-state index >= 15 is 0 Å². The molecule has 2 aromatic heterocycles. The van der Waals surface area contributed by atoms with Gasteiger partial charge in [-0.15, -0.1) is 0 Å². The van der Waals surface area contributed by atoms with Crippen LogP contribution in [0.3, 0.4) is 0 Å². The zero-order valence-electron chi connectivity index (χ0n) is 22.7. The first-order valence-corrected chi connectivity index (χ1v) is 13.3. The third-order valence-corrected chi connectivity index (χ3v) is 7.78. The van der Waals surface area contributed by atoms with Crippen molar-refractivity contribution in [1.29, 1.82) is 0 Å². The molecule has 1 saturated carbocycles. The number of methoxy groups -OCH3 is 1. The summed E-state index contributed by atoms with van der Waals surface area (Å²) in [4.78, 5) is 23.1. The first kappa shape index (κ1) is 30.3. The minimum atomic E-state index is -4.53. The Labute approximate surface area is 230 Å². The summed E-state index contributed by atoms with van der Waals surface area (Å²) in [5, 5.41) is 29.1. The van der Waals surface area contributed by atoms with Crippen LogP contribution in [0.5, 0.6) is 0 Å². The Hall–Kier alpha value is -2.62. The molecular weight excluding hydrogens is 533 g/mol. The van der Waals surface area contributed by atoms with Gasteiger partial charge in [0.1, 0.15) is 11.9 Å². The molecule has 2 aromatic rings. The molecule has 0 radical (unpaired) electrons. The van der Waals surface area contributed by atoms with Crippen molar-refractivity contribution in [1.82, 2.24) is 25.5 Å². The third kappa shape index (κ3) is 7.17. The Morgan fingerprint density at radius 2 is 2.02 bits per heavy atom. The second kappa shape index (κ2) is 12.9. The number of nitrogens with zero attached hydrogens (tertiary/aromatic N) is 3. The van der Waals surface area contributed by atoms with Crippen LogP contribution in [0.25, 0.3) is 0 Å². The number of aromatic nitrogens is 2. The van der Waals surface area contributed by atoms with Crippen LogP contribution in [0, 0.1) is 18.8 Å². The van der Waals surface area contributed by atoms with E-state index in [1.54, 1.807) is 19.1 Å². The highest BCUT2D eigenvalue weighted by molar-refractivity contribution is 5.94. The van der Waals surface area contributed by atoms with Gasteiger partial charge in [-0.05, 0) is 49.3 Å². The van der Waals surface area contributed by atoms with Gasteiger partial charge < -0.3 is 24.7 Å². The summed E-state index contributed by atoms with van der Waals surface area (Å²) in [7, 11) is 1.41. The van der Waals surface area contributed by atoms with Crippen LogP contribution < -0.4 is 16.0 Å². The number of halogens is 3. The molecule has 1 saturated heterocycles. The quantitative estimate of drug-likeness (QED) is 0.270. The van der Waals surface area contributed by atoms with E-state index in [1.807, 2.05) is 0 Å². The Bertz CT molecular complexity index is 1130. The Kier molecular flexibility index (Phi) is 9.80. The first-order chi connectivity index (χ1) is 19.0. The van der Waals surface area contributed by atoms with E-state index in [9.17, 15) is 28.2 Å². The summed E-state index contributed by atoms with van der Waals surface area (Å²) in [6.45, 7) is 3.37. The number of aliphatic hydroxyl groups is 2. The van der Waals surface area contributed by atoms with Crippen molar-refractivity contribution < 1.29 is 37.3 Å². The van der Waals surface area contributed by atoms with Gasteiger partial charge in [0.25, 0.3) is 0 Å². The van der Waals surface area contributed by atoms with E-state index in [2.05, 4.69) is 32.8 Å². The van der Waals surface area contributed by atoms with Gasteiger partial charge in [0, 0.05) is 19.9 Å². The topological polar surface area (TPSA) is 145 Å². The summed E-state index contributed by atoms with van der Waals surface area (Å²) in [5.74, 6) is 0.482. The standard InChI is InChI=1S/C26H37F3N6O5/c1-14-4-6-16(7-5-14)21(34-24(37)22-15(2)31-13-40-22)23(36)33-20-10-17(8-9-30-20)18(12-39-3)35-11-19(26(27,28)29)32-25(35)38/h8-10,13-14,16,18-19,21,24-25,32,34,37-38H,4-7,11-12H2,1-3H3,(H,30,33,36)/t14?,16?,18?,19-,21+,24?,25?/m0/s1. The Morgan fingerprint density at radius 1 is 1.30 bits per heavy atom. The zero-order chi connectivity index (χ0) is 29.0. The number of aliphatic hydroxyl groups excluding tert-OH is 2. The molecule has 40 heavy (non-hydrogen) atoms. The van der Waals surface area contributed by atoms with E-state index < -0.39 is 49.3 Å². The van der Waals surface area contributed by atoms with E-state index in [4.69, 9.17) is 9.15 Å². The lowest BCUT2D eigenvalue weighted by Crippen LogP contribution is -2.48. The highest BCUT2D eigenvalue weighted by Gasteiger charge is 2.48. The maximum Gasteiger partial charge on any atom is 0.405 e. The van der Waals surface area contributed by atoms with Gasteiger partial charge in [-0.1, -0.05) is 19.8 Å². The number of amides is 1. The van der Waals surface area contributed by atoms with Crippen molar-refractivity contribution in [2.45, 2.75) is 76.4 Å². The number of oxazole rings is 1. The smallest absolute Gasteiger partial charge is 0.405 e. The number of carbonyl (C=O) groups is 1. The van der Waals surface area contributed by atoms with Gasteiger partial charge in [0.2, 0.25) is 5.91 Å². The average molecular weight is 571 g/mol. The number of hydrogen-bond donors (Lipinski definition) is 5. The molecule has 5 atom stereocenters. The first-order valence-electron chi connectivity index (χ1n) is 13.3. The molecule has 0 spiro atoms. The summed E-state index contributed by atoms with van der Waals surface area (Å²) in [5.41, 5.74) is 1.01. The van der Waals surface area contributed by atoms with Gasteiger partial charge in [-0.2, -0.15) is 13.2 Å². The number of pyridine rings is 1. The molecule has 0 bridgehead atoms. The van der Waals surface area contributed by atoms with Crippen molar-refractivity contribution in [3.05, 3.63) is 41.7 Å². The lowest BCUT2D eigenvalue weighted by molar-refractivity contribution is -0.152. The maximum atomic E-state index is 13.6. The SMILES string of the molecule is COCC(c1ccnc(NC(=O)[C@H](NC(O)c2ocnc2C)C2CCC(C)CC2)c1)N1C[C@@H](C(F)(F)F)NC1O. The summed E-state index contributed by atoms with van der Waals surface area (Å²) in [6.07, 6.45) is -1.19. The summed E-state index contributed by atoms with van der Waals surface area (Å²) < 4.78 is 50.4. The highest BCUT2D eigenvalue weighted by atomic mass is 19.4. The average Bonchev–Trinajstić information content (AvgIpc) is 3.52. The molecule has 1 aliphatic carbocycles. The third-order valence-electron chi connectivity index (χ3n) is 7.78. The zero-order valence-corrected chi connectivity index (χ0v) is 22.7. The molecule has 11 nitrogen and oxygen atoms in total. The predicted octanol–water partition coefficient (Wildman–Crippen LogP) is 2.59. The van der Waals surface area contributed by atoms with Crippen LogP contribution in [0.4, 0.5) is 19.0 Å². The number of ether oxygens (including phenoxy) is 1. The number of hydrogen-bond acceptors (Lipinski definition) is 10. The number of nitrogens with one attached hydrogen (secondary N) is 3. The molecule has 0 aromatic carbocycles. The van der Waals surface area contributed by atoms with Crippen molar-refractivity contribution in [2.24, 2.45) is 11.8 Å². The van der Waals surface area contributed by atoms with Gasteiger partial charge in [0.05, 0.1) is 24.4 Å². The van der Waals surface area contributed by atoms with Gasteiger partial charge in [-0.3, -0.25) is 20.3 Å². The summed E-state index contributed by atoms with van der Waals surface area (Å²) in [6, 6.07) is -0.270. The van der Waals surface area contributed by atoms with Crippen molar-refractivity contribution >= 4 is 11.7 Å². The highest BCUT2D eigenvalue weighted by Crippen LogP contribution is 2.33. The molecule has 4 rings (SSSR count). The number of alkyl halides is 3. The van der Waals surface area contributed by atoms with E-state index in [1.165, 1.54) is 24.6 Å². The minimum absolute atomic E-state index is 0.00607. The fraction of sp³-hybridized carbons (Fsp3) is 0.654. The monoisotopic (exact) mass is 570 g/mol. The molecule has 2 aliphatic rings. The Morgan fingerprint density at radius 3 is 2.62 bits per heavy atom. The van der Waals surface area contributed by atoms with Crippen LogP contribution in [0.15, 0.2) is 29.1 Å².